The Morgan fingerprint density at radius 1 is 1.39 bits per heavy atom. The molecule has 7 nitrogen and oxygen atoms in total. The molecule has 1 N–H and O–H groups in total. The highest BCUT2D eigenvalue weighted by atomic mass is 32.2. The number of amides is 1. The fraction of sp³-hybridized carbons (Fsp3) is 0.667. The number of hydrogen-bond donors (Lipinski definition) is 1. The normalized spacial score (nSPS) is 19.7. The molecule has 1 fully saturated rings. The molecule has 0 aliphatic carbocycles. The molecule has 0 saturated carbocycles. The van der Waals surface area contributed by atoms with Crippen LogP contribution in [0.1, 0.15) is 37.2 Å². The Morgan fingerprint density at radius 3 is 2.65 bits per heavy atom. The Morgan fingerprint density at radius 2 is 2.13 bits per heavy atom. The topological polar surface area (TPSA) is 92.3 Å². The standard InChI is InChI=1S/C15H24N4O3S/c1-11(2)4-6-16-15(20)13-8-18-14(9-17-13)19(3)12-5-7-23(21,22)10-12/h8-9,11-12H,4-7,10H2,1-3H3,(H,16,20). The van der Waals surface area contributed by atoms with E-state index in [4.69, 9.17) is 0 Å². The van der Waals surface area contributed by atoms with E-state index in [-0.39, 0.29) is 29.1 Å². The molecule has 1 atom stereocenters. The summed E-state index contributed by atoms with van der Waals surface area (Å²) in [6.45, 7) is 4.80. The van der Waals surface area contributed by atoms with Gasteiger partial charge < -0.3 is 10.2 Å². The third-order valence-electron chi connectivity index (χ3n) is 4.00. The fourth-order valence-corrected chi connectivity index (χ4v) is 4.23. The average molecular weight is 340 g/mol. The third-order valence-corrected chi connectivity index (χ3v) is 5.75. The Bertz CT molecular complexity index is 643. The molecule has 0 spiro atoms. The summed E-state index contributed by atoms with van der Waals surface area (Å²) in [5.74, 6) is 1.22. The highest BCUT2D eigenvalue weighted by Crippen LogP contribution is 2.20. The molecule has 1 amide bonds. The van der Waals surface area contributed by atoms with Gasteiger partial charge in [-0.25, -0.2) is 18.4 Å². The van der Waals surface area contributed by atoms with Gasteiger partial charge in [0.2, 0.25) is 0 Å². The van der Waals surface area contributed by atoms with Crippen LogP contribution >= 0.6 is 0 Å². The predicted octanol–water partition coefficient (Wildman–Crippen LogP) is 0.876. The van der Waals surface area contributed by atoms with Crippen LogP contribution in [0.2, 0.25) is 0 Å². The number of carbonyl (C=O) groups excluding carboxylic acids is 1. The van der Waals surface area contributed by atoms with Gasteiger partial charge in [0, 0.05) is 19.6 Å². The second-order valence-corrected chi connectivity index (χ2v) is 8.59. The van der Waals surface area contributed by atoms with E-state index in [0.717, 1.165) is 6.42 Å². The van der Waals surface area contributed by atoms with Gasteiger partial charge in [0.15, 0.2) is 9.84 Å². The minimum Gasteiger partial charge on any atom is -0.354 e. The summed E-state index contributed by atoms with van der Waals surface area (Å²) in [5.41, 5.74) is 0.268. The number of aromatic nitrogens is 2. The summed E-state index contributed by atoms with van der Waals surface area (Å²) >= 11 is 0. The Hall–Kier alpha value is -1.70. The largest absolute Gasteiger partial charge is 0.354 e. The van der Waals surface area contributed by atoms with Crippen molar-refractivity contribution in [3.8, 4) is 0 Å². The van der Waals surface area contributed by atoms with Crippen LogP contribution in [-0.2, 0) is 9.84 Å². The monoisotopic (exact) mass is 340 g/mol. The molecule has 1 aliphatic rings. The summed E-state index contributed by atoms with van der Waals surface area (Å²) in [6, 6.07) is -0.0833. The molecule has 128 valence electrons. The maximum atomic E-state index is 11.9. The molecular formula is C15H24N4O3S. The van der Waals surface area contributed by atoms with Crippen molar-refractivity contribution in [3.63, 3.8) is 0 Å². The lowest BCUT2D eigenvalue weighted by Crippen LogP contribution is -2.33. The van der Waals surface area contributed by atoms with Crippen molar-refractivity contribution in [3.05, 3.63) is 18.1 Å². The second kappa shape index (κ2) is 7.25. The summed E-state index contributed by atoms with van der Waals surface area (Å²) in [7, 11) is -1.14. The third kappa shape index (κ3) is 4.89. The van der Waals surface area contributed by atoms with Crippen LogP contribution in [0.25, 0.3) is 0 Å². The molecule has 1 aliphatic heterocycles. The van der Waals surface area contributed by atoms with Gasteiger partial charge >= 0.3 is 0 Å². The van der Waals surface area contributed by atoms with Crippen molar-refractivity contribution in [1.82, 2.24) is 15.3 Å². The maximum Gasteiger partial charge on any atom is 0.271 e. The SMILES string of the molecule is CC(C)CCNC(=O)c1cnc(N(C)C2CCS(=O)(=O)C2)cn1. The Kier molecular flexibility index (Phi) is 5.56. The molecule has 0 aromatic carbocycles. The van der Waals surface area contributed by atoms with Crippen LogP contribution in [0.5, 0.6) is 0 Å². The van der Waals surface area contributed by atoms with E-state index >= 15 is 0 Å². The predicted molar refractivity (Wildman–Crippen MR) is 89.3 cm³/mol. The summed E-state index contributed by atoms with van der Waals surface area (Å²) in [4.78, 5) is 22.1. The number of hydrogen-bond acceptors (Lipinski definition) is 6. The van der Waals surface area contributed by atoms with Crippen LogP contribution in [-0.4, -0.2) is 55.4 Å². The Labute approximate surface area is 137 Å². The smallest absolute Gasteiger partial charge is 0.271 e. The van der Waals surface area contributed by atoms with Gasteiger partial charge in [0.25, 0.3) is 5.91 Å². The number of nitrogens with zero attached hydrogens (tertiary/aromatic N) is 3. The van der Waals surface area contributed by atoms with Crippen molar-refractivity contribution in [2.45, 2.75) is 32.7 Å². The second-order valence-electron chi connectivity index (χ2n) is 6.37. The molecule has 0 bridgehead atoms. The number of rotatable bonds is 6. The van der Waals surface area contributed by atoms with Gasteiger partial charge in [-0.15, -0.1) is 0 Å². The van der Waals surface area contributed by atoms with Gasteiger partial charge in [-0.05, 0) is 18.8 Å². The van der Waals surface area contributed by atoms with Gasteiger partial charge in [-0.1, -0.05) is 13.8 Å². The van der Waals surface area contributed by atoms with Gasteiger partial charge in [0.1, 0.15) is 11.5 Å². The number of nitrogens with one attached hydrogen (secondary N) is 1. The minimum absolute atomic E-state index is 0.0833. The van der Waals surface area contributed by atoms with Crippen molar-refractivity contribution in [1.29, 1.82) is 0 Å². The summed E-state index contributed by atoms with van der Waals surface area (Å²) < 4.78 is 23.1. The lowest BCUT2D eigenvalue weighted by Gasteiger charge is -2.24. The molecule has 23 heavy (non-hydrogen) atoms. The molecule has 1 unspecified atom stereocenters. The van der Waals surface area contributed by atoms with Crippen LogP contribution in [0.15, 0.2) is 12.4 Å². The lowest BCUT2D eigenvalue weighted by molar-refractivity contribution is 0.0946. The van der Waals surface area contributed by atoms with E-state index in [0.29, 0.717) is 24.7 Å². The molecule has 2 rings (SSSR count). The van der Waals surface area contributed by atoms with E-state index in [9.17, 15) is 13.2 Å². The van der Waals surface area contributed by atoms with E-state index in [1.807, 2.05) is 4.90 Å². The molecule has 0 radical (unpaired) electrons. The molecule has 1 aromatic rings. The van der Waals surface area contributed by atoms with Crippen LogP contribution in [0, 0.1) is 5.92 Å². The molecular weight excluding hydrogens is 316 g/mol. The highest BCUT2D eigenvalue weighted by molar-refractivity contribution is 7.91. The van der Waals surface area contributed by atoms with Gasteiger partial charge in [0.05, 0.1) is 23.9 Å². The van der Waals surface area contributed by atoms with Crippen molar-refractivity contribution in [2.75, 3.05) is 30.0 Å². The van der Waals surface area contributed by atoms with E-state index in [1.165, 1.54) is 12.4 Å². The first-order valence-corrected chi connectivity index (χ1v) is 9.64. The zero-order chi connectivity index (χ0) is 17.0. The van der Waals surface area contributed by atoms with Crippen molar-refractivity contribution >= 4 is 21.6 Å². The molecule has 8 heteroatoms. The van der Waals surface area contributed by atoms with Crippen LogP contribution in [0.3, 0.4) is 0 Å². The summed E-state index contributed by atoms with van der Waals surface area (Å²) in [6.07, 6.45) is 4.45. The van der Waals surface area contributed by atoms with E-state index in [2.05, 4.69) is 29.1 Å². The average Bonchev–Trinajstić information content (AvgIpc) is 2.86. The number of anilines is 1. The van der Waals surface area contributed by atoms with E-state index < -0.39 is 9.84 Å². The molecule has 1 aromatic heterocycles. The molecule has 1 saturated heterocycles. The lowest BCUT2D eigenvalue weighted by atomic mass is 10.1. The minimum atomic E-state index is -2.94. The number of sulfone groups is 1. The zero-order valence-electron chi connectivity index (χ0n) is 13.8. The van der Waals surface area contributed by atoms with Crippen LogP contribution in [0.4, 0.5) is 5.82 Å². The molecule has 2 heterocycles. The van der Waals surface area contributed by atoms with Crippen molar-refractivity contribution < 1.29 is 13.2 Å². The first kappa shape index (κ1) is 17.7. The maximum absolute atomic E-state index is 11.9. The first-order valence-electron chi connectivity index (χ1n) is 7.82. The van der Waals surface area contributed by atoms with Gasteiger partial charge in [-0.3, -0.25) is 4.79 Å². The first-order chi connectivity index (χ1) is 10.8. The fourth-order valence-electron chi connectivity index (χ4n) is 2.45. The Balaban J connectivity index is 1.95. The summed E-state index contributed by atoms with van der Waals surface area (Å²) in [5, 5.41) is 2.81. The zero-order valence-corrected chi connectivity index (χ0v) is 14.6. The van der Waals surface area contributed by atoms with Crippen LogP contribution < -0.4 is 10.2 Å². The number of carbonyl (C=O) groups is 1. The highest BCUT2D eigenvalue weighted by Gasteiger charge is 2.31. The van der Waals surface area contributed by atoms with Crippen molar-refractivity contribution in [2.24, 2.45) is 5.92 Å². The van der Waals surface area contributed by atoms with Gasteiger partial charge in [-0.2, -0.15) is 0 Å². The van der Waals surface area contributed by atoms with E-state index in [1.54, 1.807) is 7.05 Å². The quantitative estimate of drug-likeness (QED) is 0.826.